The molecule has 0 saturated carbocycles. The minimum atomic E-state index is -4.35. The summed E-state index contributed by atoms with van der Waals surface area (Å²) >= 11 is 0. The topological polar surface area (TPSA) is 44.5 Å². The molecule has 0 aromatic heterocycles. The van der Waals surface area contributed by atoms with Crippen LogP contribution in [0.2, 0.25) is 0 Å². The summed E-state index contributed by atoms with van der Waals surface area (Å²) in [6, 6.07) is 3.60. The molecule has 0 heterocycles. The van der Waals surface area contributed by atoms with Crippen LogP contribution < -0.4 is 10.5 Å². The van der Waals surface area contributed by atoms with E-state index in [1.165, 1.54) is 19.2 Å². The molecular formula is C12H15F4NO2. The number of nitrogens with two attached hydrogens (primary N) is 1. The summed E-state index contributed by atoms with van der Waals surface area (Å²) in [5, 5.41) is 0. The van der Waals surface area contributed by atoms with E-state index in [4.69, 9.17) is 10.5 Å². The molecular weight excluding hydrogens is 266 g/mol. The van der Waals surface area contributed by atoms with Crippen molar-refractivity contribution in [3.63, 3.8) is 0 Å². The van der Waals surface area contributed by atoms with Gasteiger partial charge in [0.25, 0.3) is 0 Å². The molecule has 0 aliphatic heterocycles. The number of hydrogen-bond acceptors (Lipinski definition) is 3. The fraction of sp³-hybridized carbons (Fsp3) is 0.500. The summed E-state index contributed by atoms with van der Waals surface area (Å²) in [6.07, 6.45) is -4.18. The van der Waals surface area contributed by atoms with Crippen molar-refractivity contribution in [3.8, 4) is 5.75 Å². The predicted octanol–water partition coefficient (Wildman–Crippen LogP) is 2.80. The van der Waals surface area contributed by atoms with Crippen LogP contribution >= 0.6 is 0 Å². The van der Waals surface area contributed by atoms with E-state index in [1.807, 2.05) is 0 Å². The highest BCUT2D eigenvalue weighted by atomic mass is 19.4. The molecule has 2 N–H and O–H groups in total. The first-order valence-electron chi connectivity index (χ1n) is 5.57. The Labute approximate surface area is 108 Å². The number of alkyl halides is 3. The van der Waals surface area contributed by atoms with Crippen LogP contribution in [0.5, 0.6) is 5.75 Å². The molecule has 1 unspecified atom stereocenters. The summed E-state index contributed by atoms with van der Waals surface area (Å²) in [5.41, 5.74) is 6.22. The normalized spacial score (nSPS) is 13.4. The van der Waals surface area contributed by atoms with Gasteiger partial charge >= 0.3 is 6.18 Å². The van der Waals surface area contributed by atoms with Crippen LogP contribution in [0.3, 0.4) is 0 Å². The van der Waals surface area contributed by atoms with Gasteiger partial charge in [-0.05, 0) is 24.1 Å². The van der Waals surface area contributed by atoms with E-state index in [0.717, 1.165) is 0 Å². The number of halogens is 4. The third-order valence-electron chi connectivity index (χ3n) is 2.44. The second kappa shape index (κ2) is 6.72. The van der Waals surface area contributed by atoms with Gasteiger partial charge in [0.1, 0.15) is 6.61 Å². The molecule has 0 fully saturated rings. The molecule has 19 heavy (non-hydrogen) atoms. The van der Waals surface area contributed by atoms with Gasteiger partial charge in [0.05, 0.1) is 7.11 Å². The maximum absolute atomic E-state index is 13.4. The van der Waals surface area contributed by atoms with Gasteiger partial charge in [0.2, 0.25) is 0 Å². The second-order valence-electron chi connectivity index (χ2n) is 3.96. The van der Waals surface area contributed by atoms with Crippen molar-refractivity contribution in [2.24, 2.45) is 5.73 Å². The van der Waals surface area contributed by atoms with E-state index in [0.29, 0.717) is 5.56 Å². The number of ether oxygens (including phenoxy) is 2. The molecule has 0 radical (unpaired) electrons. The van der Waals surface area contributed by atoms with Crippen LogP contribution in [0.4, 0.5) is 17.6 Å². The molecule has 0 amide bonds. The molecule has 0 saturated heterocycles. The molecule has 1 aromatic rings. The first-order valence-corrected chi connectivity index (χ1v) is 5.57. The van der Waals surface area contributed by atoms with Gasteiger partial charge in [0, 0.05) is 12.6 Å². The van der Waals surface area contributed by atoms with Crippen LogP contribution in [0.15, 0.2) is 18.2 Å². The van der Waals surface area contributed by atoms with E-state index >= 15 is 0 Å². The zero-order valence-electron chi connectivity index (χ0n) is 10.3. The lowest BCUT2D eigenvalue weighted by Crippen LogP contribution is -2.19. The van der Waals surface area contributed by atoms with Crippen LogP contribution in [-0.2, 0) is 4.74 Å². The maximum Gasteiger partial charge on any atom is 0.411 e. The van der Waals surface area contributed by atoms with Gasteiger partial charge in [0.15, 0.2) is 11.6 Å². The van der Waals surface area contributed by atoms with Gasteiger partial charge < -0.3 is 15.2 Å². The summed E-state index contributed by atoms with van der Waals surface area (Å²) in [7, 11) is 1.34. The zero-order chi connectivity index (χ0) is 14.5. The molecule has 7 heteroatoms. The molecule has 0 bridgehead atoms. The average Bonchev–Trinajstić information content (AvgIpc) is 2.33. The van der Waals surface area contributed by atoms with Crippen molar-refractivity contribution < 1.29 is 27.0 Å². The fourth-order valence-electron chi connectivity index (χ4n) is 1.48. The Kier molecular flexibility index (Phi) is 5.56. The van der Waals surface area contributed by atoms with Crippen molar-refractivity contribution in [1.82, 2.24) is 0 Å². The molecule has 108 valence electrons. The second-order valence-corrected chi connectivity index (χ2v) is 3.96. The Morgan fingerprint density at radius 1 is 1.32 bits per heavy atom. The first-order chi connectivity index (χ1) is 8.83. The molecule has 3 nitrogen and oxygen atoms in total. The van der Waals surface area contributed by atoms with Crippen molar-refractivity contribution in [2.75, 3.05) is 20.3 Å². The molecule has 0 spiro atoms. The molecule has 0 aliphatic rings. The monoisotopic (exact) mass is 281 g/mol. The molecule has 0 aliphatic carbocycles. The molecule has 1 rings (SSSR count). The lowest BCUT2D eigenvalue weighted by Gasteiger charge is -2.14. The third-order valence-corrected chi connectivity index (χ3v) is 2.44. The summed E-state index contributed by atoms with van der Waals surface area (Å²) in [4.78, 5) is 0. The van der Waals surface area contributed by atoms with E-state index in [9.17, 15) is 17.6 Å². The largest absolute Gasteiger partial charge is 0.494 e. The minimum Gasteiger partial charge on any atom is -0.494 e. The SMILES string of the molecule is COc1ccc(C(N)CCOCC(F)(F)F)cc1F. The van der Waals surface area contributed by atoms with E-state index in [2.05, 4.69) is 4.74 Å². The third kappa shape index (κ3) is 5.44. The summed E-state index contributed by atoms with van der Waals surface area (Å²) < 4.78 is 58.0. The first kappa shape index (κ1) is 15.7. The molecule has 1 aromatic carbocycles. The number of benzene rings is 1. The Bertz CT molecular complexity index is 409. The number of methoxy groups -OCH3 is 1. The highest BCUT2D eigenvalue weighted by Crippen LogP contribution is 2.22. The molecule has 1 atom stereocenters. The predicted molar refractivity (Wildman–Crippen MR) is 61.4 cm³/mol. The van der Waals surface area contributed by atoms with Gasteiger partial charge in [-0.1, -0.05) is 6.07 Å². The van der Waals surface area contributed by atoms with Gasteiger partial charge in [-0.15, -0.1) is 0 Å². The summed E-state index contributed by atoms with van der Waals surface area (Å²) in [5.74, 6) is -0.476. The van der Waals surface area contributed by atoms with Crippen LogP contribution in [0.25, 0.3) is 0 Å². The lowest BCUT2D eigenvalue weighted by molar-refractivity contribution is -0.174. The average molecular weight is 281 g/mol. The highest BCUT2D eigenvalue weighted by molar-refractivity contribution is 5.30. The van der Waals surface area contributed by atoms with Crippen LogP contribution in [-0.4, -0.2) is 26.5 Å². The van der Waals surface area contributed by atoms with Gasteiger partial charge in [-0.2, -0.15) is 13.2 Å². The van der Waals surface area contributed by atoms with Crippen molar-refractivity contribution in [1.29, 1.82) is 0 Å². The van der Waals surface area contributed by atoms with Crippen molar-refractivity contribution >= 4 is 0 Å². The van der Waals surface area contributed by atoms with Gasteiger partial charge in [-0.3, -0.25) is 0 Å². The van der Waals surface area contributed by atoms with E-state index in [-0.39, 0.29) is 18.8 Å². The van der Waals surface area contributed by atoms with Crippen molar-refractivity contribution in [2.45, 2.75) is 18.6 Å². The standard InChI is InChI=1S/C12H15F4NO2/c1-18-11-3-2-8(6-9(11)13)10(17)4-5-19-7-12(14,15)16/h2-3,6,10H,4-5,7,17H2,1H3. The minimum absolute atomic E-state index is 0.0873. The van der Waals surface area contributed by atoms with E-state index in [1.54, 1.807) is 6.07 Å². The Morgan fingerprint density at radius 2 is 2.00 bits per heavy atom. The van der Waals surface area contributed by atoms with E-state index < -0.39 is 24.6 Å². The summed E-state index contributed by atoms with van der Waals surface area (Å²) in [6.45, 7) is -1.45. The quantitative estimate of drug-likeness (QED) is 0.644. The number of rotatable bonds is 6. The smallest absolute Gasteiger partial charge is 0.411 e. The Balaban J connectivity index is 2.45. The number of hydrogen-bond donors (Lipinski definition) is 1. The lowest BCUT2D eigenvalue weighted by atomic mass is 10.0. The zero-order valence-corrected chi connectivity index (χ0v) is 10.3. The van der Waals surface area contributed by atoms with Crippen molar-refractivity contribution in [3.05, 3.63) is 29.6 Å². The van der Waals surface area contributed by atoms with Crippen LogP contribution in [0.1, 0.15) is 18.0 Å². The highest BCUT2D eigenvalue weighted by Gasteiger charge is 2.27. The Hall–Kier alpha value is -1.34. The van der Waals surface area contributed by atoms with Crippen LogP contribution in [0, 0.1) is 5.82 Å². The Morgan fingerprint density at radius 3 is 2.53 bits per heavy atom. The maximum atomic E-state index is 13.4. The van der Waals surface area contributed by atoms with Gasteiger partial charge in [-0.25, -0.2) is 4.39 Å². The fourth-order valence-corrected chi connectivity index (χ4v) is 1.48.